The standard InChI is InChI=1S/C43H25N3O.C25H14ClN3O.C24H23BO2/c1-2-10-30-24-31(22-16-26(30)8-1)41-44-42(46-43(45-41)35-13-7-15-38-40(35)34-12-5-6-14-37(34)47-38)32-23-19-28-18-21-29-20-17-27-9-3-4-11-33(27)39(29)36(28)25-32;26-25-28-23(17-13-12-15-6-1-2-7-16(15)14-17)27-24(29-25)19-9-5-11-21-22(19)18-8-3-4-10-20(18)30-21;1-23(2)24(3,4)27-25(26-23)19-14-13-17-10-12-18-11-9-16-7-5-6-8-20(16)22(18)21(17)15-19/h1-25H;1-14H;5-15H,1-4H3. The van der Waals surface area contributed by atoms with Gasteiger partial charge in [0.05, 0.1) is 11.2 Å². The molecule has 0 bridgehead atoms. The van der Waals surface area contributed by atoms with Crippen LogP contribution in [-0.4, -0.2) is 48.2 Å². The van der Waals surface area contributed by atoms with E-state index >= 15 is 0 Å². The molecule has 104 heavy (non-hydrogen) atoms. The summed E-state index contributed by atoms with van der Waals surface area (Å²) in [4.78, 5) is 29.0. The maximum absolute atomic E-state index is 6.33. The Morgan fingerprint density at radius 2 is 0.596 bits per heavy atom. The number of hydrogen-bond donors (Lipinski definition) is 0. The number of halogens is 1. The van der Waals surface area contributed by atoms with Gasteiger partial charge in [0.15, 0.2) is 29.1 Å². The maximum Gasteiger partial charge on any atom is 0.494 e. The number of rotatable bonds is 6. The lowest BCUT2D eigenvalue weighted by molar-refractivity contribution is 0.00578. The van der Waals surface area contributed by atoms with E-state index in [1.165, 1.54) is 70.0 Å². The summed E-state index contributed by atoms with van der Waals surface area (Å²) in [6.07, 6.45) is 0. The third kappa shape index (κ3) is 11.0. The predicted molar refractivity (Wildman–Crippen MR) is 429 cm³/mol. The molecule has 1 saturated heterocycles. The van der Waals surface area contributed by atoms with Crippen molar-refractivity contribution in [2.75, 3.05) is 0 Å². The van der Waals surface area contributed by atoms with Crippen LogP contribution < -0.4 is 5.46 Å². The smallest absolute Gasteiger partial charge is 0.456 e. The first-order valence-corrected chi connectivity index (χ1v) is 35.3. The first-order valence-electron chi connectivity index (χ1n) is 34.9. The van der Waals surface area contributed by atoms with Crippen LogP contribution in [0.25, 0.3) is 187 Å². The van der Waals surface area contributed by atoms with Gasteiger partial charge in [0.2, 0.25) is 5.28 Å². The van der Waals surface area contributed by atoms with Crippen molar-refractivity contribution in [3.63, 3.8) is 0 Å². The molecule has 0 aliphatic carbocycles. The van der Waals surface area contributed by atoms with E-state index in [9.17, 15) is 0 Å². The topological polar surface area (TPSA) is 122 Å². The highest BCUT2D eigenvalue weighted by Gasteiger charge is 2.51. The molecule has 0 unspecified atom stereocenters. The Morgan fingerprint density at radius 1 is 0.260 bits per heavy atom. The van der Waals surface area contributed by atoms with E-state index in [-0.39, 0.29) is 23.6 Å². The Hall–Kier alpha value is -12.5. The van der Waals surface area contributed by atoms with Crippen LogP contribution in [0.3, 0.4) is 0 Å². The third-order valence-electron chi connectivity index (χ3n) is 20.8. The Morgan fingerprint density at radius 3 is 1.10 bits per heavy atom. The molecular weight excluding hydrogens is 1300 g/mol. The third-order valence-corrected chi connectivity index (χ3v) is 21.0. The lowest BCUT2D eigenvalue weighted by Gasteiger charge is -2.32. The molecule has 0 atom stereocenters. The van der Waals surface area contributed by atoms with Crippen molar-refractivity contribution in [3.05, 3.63) is 309 Å². The van der Waals surface area contributed by atoms with Crippen LogP contribution in [0, 0.1) is 0 Å². The number of benzene rings is 16. The monoisotopic (exact) mass is 1360 g/mol. The van der Waals surface area contributed by atoms with Crippen LogP contribution >= 0.6 is 11.6 Å². The predicted octanol–water partition coefficient (Wildman–Crippen LogP) is 23.7. The quantitative estimate of drug-likeness (QED) is 0.117. The van der Waals surface area contributed by atoms with Crippen molar-refractivity contribution in [2.45, 2.75) is 38.9 Å². The summed E-state index contributed by atoms with van der Waals surface area (Å²) in [6, 6.07) is 105. The number of nitrogens with zero attached hydrogens (tertiary/aromatic N) is 6. The minimum absolute atomic E-state index is 0.160. The van der Waals surface area contributed by atoms with Gasteiger partial charge in [0, 0.05) is 49.4 Å². The molecule has 0 saturated carbocycles. The molecular formula is C92H62BClN6O4. The fourth-order valence-corrected chi connectivity index (χ4v) is 15.0. The molecule has 0 N–H and O–H groups in total. The summed E-state index contributed by atoms with van der Waals surface area (Å²) in [5.41, 5.74) is 8.21. The second kappa shape index (κ2) is 24.9. The average Bonchev–Trinajstić information content (AvgIpc) is 1.36. The highest BCUT2D eigenvalue weighted by atomic mass is 35.5. The highest BCUT2D eigenvalue weighted by molar-refractivity contribution is 6.62. The van der Waals surface area contributed by atoms with E-state index in [2.05, 4.69) is 250 Å². The molecule has 0 radical (unpaired) electrons. The molecule has 16 aromatic carbocycles. The summed E-state index contributed by atoms with van der Waals surface area (Å²) in [6.45, 7) is 8.38. The van der Waals surface area contributed by atoms with Gasteiger partial charge in [-0.05, 0) is 173 Å². The van der Waals surface area contributed by atoms with Crippen molar-refractivity contribution in [2.24, 2.45) is 0 Å². The number of para-hydroxylation sites is 2. The fourth-order valence-electron chi connectivity index (χ4n) is 14.9. The summed E-state index contributed by atoms with van der Waals surface area (Å²) >= 11 is 6.33. The number of furan rings is 2. The largest absolute Gasteiger partial charge is 0.494 e. The zero-order valence-corrected chi connectivity index (χ0v) is 57.9. The van der Waals surface area contributed by atoms with E-state index in [4.69, 9.17) is 49.7 Å². The van der Waals surface area contributed by atoms with Gasteiger partial charge in [-0.25, -0.2) is 19.9 Å². The highest BCUT2D eigenvalue weighted by Crippen LogP contribution is 2.42. The molecule has 0 amide bonds. The molecule has 1 aliphatic heterocycles. The second-order valence-electron chi connectivity index (χ2n) is 27.6. The van der Waals surface area contributed by atoms with E-state index < -0.39 is 0 Å². The van der Waals surface area contributed by atoms with Crippen molar-refractivity contribution in [1.29, 1.82) is 0 Å². The van der Waals surface area contributed by atoms with Gasteiger partial charge >= 0.3 is 7.12 Å². The van der Waals surface area contributed by atoms with E-state index in [0.717, 1.165) is 93.3 Å². The minimum atomic E-state index is -0.343. The Labute approximate surface area is 603 Å². The molecule has 4 aromatic heterocycles. The molecule has 5 heterocycles. The molecule has 494 valence electrons. The molecule has 0 spiro atoms. The van der Waals surface area contributed by atoms with Gasteiger partial charge in [-0.1, -0.05) is 261 Å². The second-order valence-corrected chi connectivity index (χ2v) is 28.0. The molecule has 21 rings (SSSR count). The van der Waals surface area contributed by atoms with Gasteiger partial charge in [-0.3, -0.25) is 0 Å². The minimum Gasteiger partial charge on any atom is -0.456 e. The van der Waals surface area contributed by atoms with E-state index in [1.807, 2.05) is 91.0 Å². The first-order chi connectivity index (χ1) is 50.9. The van der Waals surface area contributed by atoms with Gasteiger partial charge in [-0.2, -0.15) is 9.97 Å². The van der Waals surface area contributed by atoms with Gasteiger partial charge in [-0.15, -0.1) is 0 Å². The van der Waals surface area contributed by atoms with E-state index in [1.54, 1.807) is 0 Å². The summed E-state index contributed by atoms with van der Waals surface area (Å²) in [5.74, 6) is 2.93. The molecule has 1 aliphatic rings. The molecule has 12 heteroatoms. The van der Waals surface area contributed by atoms with Crippen molar-refractivity contribution < 1.29 is 18.1 Å². The molecule has 1 fully saturated rings. The van der Waals surface area contributed by atoms with Crippen LogP contribution in [0.1, 0.15) is 27.7 Å². The van der Waals surface area contributed by atoms with Crippen molar-refractivity contribution >= 4 is 154 Å². The van der Waals surface area contributed by atoms with Gasteiger partial charge < -0.3 is 18.1 Å². The number of hydrogen-bond acceptors (Lipinski definition) is 10. The van der Waals surface area contributed by atoms with Gasteiger partial charge in [0.1, 0.15) is 22.3 Å². The Kier molecular flexibility index (Phi) is 15.0. The SMILES string of the molecule is CC1(C)OB(c2ccc3ccc4ccc5ccccc5c4c3c2)OC1(C)C.Clc1nc(-c2ccc3ccccc3c2)nc(-c2cccc3oc4ccccc4c23)n1.c1ccc2cc(-c3nc(-c4ccc5ccc6ccc7ccccc7c6c5c4)nc(-c4cccc5oc6ccccc6c45)n3)ccc2c1. The summed E-state index contributed by atoms with van der Waals surface area (Å²) in [5, 5.41) is 23.6. The lowest BCUT2D eigenvalue weighted by Crippen LogP contribution is -2.41. The summed E-state index contributed by atoms with van der Waals surface area (Å²) < 4.78 is 24.8. The zero-order valence-electron chi connectivity index (χ0n) is 57.1. The number of fused-ring (bicyclic) bond motifs is 18. The Bertz CT molecular complexity index is 6860. The number of aromatic nitrogens is 6. The van der Waals surface area contributed by atoms with E-state index in [0.29, 0.717) is 29.1 Å². The van der Waals surface area contributed by atoms with Crippen LogP contribution in [-0.2, 0) is 9.31 Å². The first kappa shape index (κ1) is 62.5. The lowest BCUT2D eigenvalue weighted by atomic mass is 9.77. The van der Waals surface area contributed by atoms with Crippen molar-refractivity contribution in [1.82, 2.24) is 29.9 Å². The fraction of sp³-hybridized carbons (Fsp3) is 0.0652. The van der Waals surface area contributed by atoms with Crippen LogP contribution in [0.15, 0.2) is 312 Å². The average molecular weight is 1360 g/mol. The van der Waals surface area contributed by atoms with Crippen LogP contribution in [0.5, 0.6) is 0 Å². The maximum atomic E-state index is 6.33. The zero-order chi connectivity index (χ0) is 69.8. The van der Waals surface area contributed by atoms with Crippen LogP contribution in [0.4, 0.5) is 0 Å². The van der Waals surface area contributed by atoms with Crippen LogP contribution in [0.2, 0.25) is 5.28 Å². The molecule has 10 nitrogen and oxygen atoms in total. The molecule has 20 aromatic rings. The summed E-state index contributed by atoms with van der Waals surface area (Å²) in [7, 11) is -0.343. The normalized spacial score (nSPS) is 13.5. The van der Waals surface area contributed by atoms with Crippen molar-refractivity contribution in [3.8, 4) is 56.9 Å². The van der Waals surface area contributed by atoms with Gasteiger partial charge in [0.25, 0.3) is 0 Å². The Balaban J connectivity index is 0.000000113.